The summed E-state index contributed by atoms with van der Waals surface area (Å²) in [6.45, 7) is 5.92. The van der Waals surface area contributed by atoms with E-state index in [4.69, 9.17) is 4.74 Å². The van der Waals surface area contributed by atoms with Gasteiger partial charge in [0.15, 0.2) is 0 Å². The Kier molecular flexibility index (Phi) is 4.25. The van der Waals surface area contributed by atoms with Crippen molar-refractivity contribution in [3.8, 4) is 0 Å². The van der Waals surface area contributed by atoms with Crippen molar-refractivity contribution in [2.24, 2.45) is 11.8 Å². The number of piperidine rings is 1. The highest BCUT2D eigenvalue weighted by Crippen LogP contribution is 2.39. The van der Waals surface area contributed by atoms with Gasteiger partial charge in [-0.1, -0.05) is 19.3 Å². The highest BCUT2D eigenvalue weighted by molar-refractivity contribution is 5.80. The number of fused-ring (bicyclic) bond motifs is 1. The van der Waals surface area contributed by atoms with Crippen LogP contribution >= 0.6 is 0 Å². The van der Waals surface area contributed by atoms with E-state index in [2.05, 4.69) is 0 Å². The molecule has 0 radical (unpaired) electrons. The van der Waals surface area contributed by atoms with Crippen molar-refractivity contribution in [3.63, 3.8) is 0 Å². The largest absolute Gasteiger partial charge is 0.480 e. The lowest BCUT2D eigenvalue weighted by Crippen LogP contribution is -2.55. The summed E-state index contributed by atoms with van der Waals surface area (Å²) in [5.74, 6) is -0.0321. The number of carboxylic acids is 1. The van der Waals surface area contributed by atoms with Crippen molar-refractivity contribution >= 4 is 12.1 Å². The molecule has 0 aromatic carbocycles. The van der Waals surface area contributed by atoms with Gasteiger partial charge >= 0.3 is 12.1 Å². The Morgan fingerprint density at radius 1 is 1.15 bits per heavy atom. The summed E-state index contributed by atoms with van der Waals surface area (Å²) in [6, 6.07) is -0.732. The zero-order valence-electron chi connectivity index (χ0n) is 12.6. The van der Waals surface area contributed by atoms with Crippen LogP contribution in [-0.2, 0) is 9.53 Å². The van der Waals surface area contributed by atoms with Gasteiger partial charge < -0.3 is 9.84 Å². The molecule has 2 fully saturated rings. The summed E-state index contributed by atoms with van der Waals surface area (Å²) in [6.07, 6.45) is 4.63. The molecule has 1 aliphatic carbocycles. The molecule has 0 aromatic heterocycles. The van der Waals surface area contributed by atoms with Gasteiger partial charge in [0.25, 0.3) is 0 Å². The average Bonchev–Trinajstić information content (AvgIpc) is 2.35. The fourth-order valence-corrected chi connectivity index (χ4v) is 3.39. The van der Waals surface area contributed by atoms with Crippen molar-refractivity contribution in [2.45, 2.75) is 64.5 Å². The van der Waals surface area contributed by atoms with Gasteiger partial charge in [0.05, 0.1) is 0 Å². The predicted molar refractivity (Wildman–Crippen MR) is 74.4 cm³/mol. The molecule has 5 heteroatoms. The van der Waals surface area contributed by atoms with Crippen LogP contribution in [0.1, 0.15) is 52.9 Å². The van der Waals surface area contributed by atoms with Crippen LogP contribution in [0.15, 0.2) is 0 Å². The van der Waals surface area contributed by atoms with Crippen molar-refractivity contribution in [3.05, 3.63) is 0 Å². The third kappa shape index (κ3) is 3.44. The smallest absolute Gasteiger partial charge is 0.411 e. The number of amides is 1. The van der Waals surface area contributed by atoms with E-state index in [0.717, 1.165) is 12.8 Å². The molecular weight excluding hydrogens is 258 g/mol. The number of carboxylic acid groups (broad SMARTS) is 1. The van der Waals surface area contributed by atoms with Crippen LogP contribution in [0.25, 0.3) is 0 Å². The number of carbonyl (C=O) groups is 2. The van der Waals surface area contributed by atoms with Crippen LogP contribution in [-0.4, -0.2) is 40.3 Å². The first kappa shape index (κ1) is 15.1. The Morgan fingerprint density at radius 2 is 1.75 bits per heavy atom. The summed E-state index contributed by atoms with van der Waals surface area (Å²) in [7, 11) is 0. The van der Waals surface area contributed by atoms with Gasteiger partial charge in [0, 0.05) is 6.54 Å². The molecule has 0 spiro atoms. The third-order valence-electron chi connectivity index (χ3n) is 4.31. The average molecular weight is 283 g/mol. The van der Waals surface area contributed by atoms with Gasteiger partial charge in [-0.2, -0.15) is 0 Å². The first-order valence-corrected chi connectivity index (χ1v) is 7.50. The standard InChI is InChI=1S/C15H25NO4/c1-15(2,3)20-14(19)16-9-11-7-5-4-6-10(11)8-12(16)13(17)18/h10-12H,4-9H2,1-3H3,(H,17,18)/t10-,11?,12+/m1/s1. The zero-order chi connectivity index (χ0) is 14.9. The molecule has 1 aliphatic heterocycles. The van der Waals surface area contributed by atoms with Crippen molar-refractivity contribution in [1.82, 2.24) is 4.90 Å². The highest BCUT2D eigenvalue weighted by Gasteiger charge is 2.43. The van der Waals surface area contributed by atoms with E-state index in [1.165, 1.54) is 17.7 Å². The Labute approximate surface area is 120 Å². The van der Waals surface area contributed by atoms with Gasteiger partial charge in [-0.3, -0.25) is 4.90 Å². The van der Waals surface area contributed by atoms with E-state index in [9.17, 15) is 14.7 Å². The van der Waals surface area contributed by atoms with Gasteiger partial charge in [-0.15, -0.1) is 0 Å². The lowest BCUT2D eigenvalue weighted by Gasteiger charge is -2.44. The number of hydrogen-bond acceptors (Lipinski definition) is 3. The molecule has 5 nitrogen and oxygen atoms in total. The van der Waals surface area contributed by atoms with E-state index in [1.807, 2.05) is 0 Å². The molecule has 1 heterocycles. The van der Waals surface area contributed by atoms with E-state index in [1.54, 1.807) is 20.8 Å². The molecule has 1 saturated carbocycles. The number of ether oxygens (including phenoxy) is 1. The minimum Gasteiger partial charge on any atom is -0.480 e. The normalized spacial score (nSPS) is 30.6. The molecule has 20 heavy (non-hydrogen) atoms. The topological polar surface area (TPSA) is 66.8 Å². The highest BCUT2D eigenvalue weighted by atomic mass is 16.6. The minimum absolute atomic E-state index is 0.437. The Morgan fingerprint density at radius 3 is 2.30 bits per heavy atom. The number of hydrogen-bond donors (Lipinski definition) is 1. The summed E-state index contributed by atoms with van der Waals surface area (Å²) in [4.78, 5) is 25.1. The van der Waals surface area contributed by atoms with E-state index in [0.29, 0.717) is 24.8 Å². The molecule has 2 aliphatic rings. The van der Waals surface area contributed by atoms with Crippen LogP contribution in [0.2, 0.25) is 0 Å². The molecule has 1 amide bonds. The second-order valence-corrected chi connectivity index (χ2v) is 7.03. The van der Waals surface area contributed by atoms with Crippen LogP contribution in [0, 0.1) is 11.8 Å². The summed E-state index contributed by atoms with van der Waals surface area (Å²) in [5.41, 5.74) is -0.594. The third-order valence-corrected chi connectivity index (χ3v) is 4.31. The molecule has 1 saturated heterocycles. The number of likely N-dealkylation sites (tertiary alicyclic amines) is 1. The van der Waals surface area contributed by atoms with Crippen LogP contribution in [0.4, 0.5) is 4.79 Å². The van der Waals surface area contributed by atoms with E-state index in [-0.39, 0.29) is 0 Å². The van der Waals surface area contributed by atoms with Gasteiger partial charge in [-0.25, -0.2) is 9.59 Å². The van der Waals surface area contributed by atoms with Gasteiger partial charge in [0.1, 0.15) is 11.6 Å². The first-order valence-electron chi connectivity index (χ1n) is 7.50. The molecule has 3 atom stereocenters. The molecule has 114 valence electrons. The van der Waals surface area contributed by atoms with Crippen LogP contribution in [0.5, 0.6) is 0 Å². The summed E-state index contributed by atoms with van der Waals surface area (Å²) in [5, 5.41) is 9.40. The fourth-order valence-electron chi connectivity index (χ4n) is 3.39. The first-order chi connectivity index (χ1) is 9.28. The maximum absolute atomic E-state index is 12.2. The van der Waals surface area contributed by atoms with Crippen LogP contribution in [0.3, 0.4) is 0 Å². The van der Waals surface area contributed by atoms with E-state index >= 15 is 0 Å². The summed E-state index contributed by atoms with van der Waals surface area (Å²) < 4.78 is 5.36. The Balaban J connectivity index is 2.11. The number of nitrogens with zero attached hydrogens (tertiary/aromatic N) is 1. The monoisotopic (exact) mass is 283 g/mol. The Bertz CT molecular complexity index is 388. The molecule has 1 unspecified atom stereocenters. The zero-order valence-corrected chi connectivity index (χ0v) is 12.6. The minimum atomic E-state index is -0.917. The lowest BCUT2D eigenvalue weighted by molar-refractivity contribution is -0.146. The predicted octanol–water partition coefficient (Wildman–Crippen LogP) is 2.89. The van der Waals surface area contributed by atoms with Crippen molar-refractivity contribution in [1.29, 1.82) is 0 Å². The maximum Gasteiger partial charge on any atom is 0.411 e. The molecule has 0 bridgehead atoms. The Hall–Kier alpha value is -1.26. The number of aliphatic carboxylic acids is 1. The maximum atomic E-state index is 12.2. The van der Waals surface area contributed by atoms with Crippen molar-refractivity contribution < 1.29 is 19.4 Å². The molecule has 1 N–H and O–H groups in total. The quantitative estimate of drug-likeness (QED) is 0.803. The van der Waals surface area contributed by atoms with E-state index < -0.39 is 23.7 Å². The lowest BCUT2D eigenvalue weighted by atomic mass is 9.73. The molecular formula is C15H25NO4. The summed E-state index contributed by atoms with van der Waals surface area (Å²) >= 11 is 0. The SMILES string of the molecule is CC(C)(C)OC(=O)N1CC2CCCC[C@@H]2C[C@H]1C(=O)O. The number of rotatable bonds is 1. The number of carbonyl (C=O) groups excluding carboxylic acids is 1. The molecule has 0 aromatic rings. The van der Waals surface area contributed by atoms with Gasteiger partial charge in [0.2, 0.25) is 0 Å². The molecule has 2 rings (SSSR count). The van der Waals surface area contributed by atoms with Crippen molar-refractivity contribution in [2.75, 3.05) is 6.54 Å². The fraction of sp³-hybridized carbons (Fsp3) is 0.867. The second-order valence-electron chi connectivity index (χ2n) is 7.03. The van der Waals surface area contributed by atoms with Gasteiger partial charge in [-0.05, 0) is 45.4 Å². The second kappa shape index (κ2) is 5.62. The van der Waals surface area contributed by atoms with Crippen LogP contribution < -0.4 is 0 Å².